The van der Waals surface area contributed by atoms with E-state index in [0.717, 1.165) is 16.8 Å². The molecule has 0 unspecified atom stereocenters. The third kappa shape index (κ3) is 3.14. The summed E-state index contributed by atoms with van der Waals surface area (Å²) in [7, 11) is 1.97. The van der Waals surface area contributed by atoms with Gasteiger partial charge in [-0.1, -0.05) is 31.2 Å². The fraction of sp³-hybridized carbons (Fsp3) is 0.250. The molecule has 4 heterocycles. The number of pyridine rings is 2. The van der Waals surface area contributed by atoms with Gasteiger partial charge in [-0.15, -0.1) is 0 Å². The van der Waals surface area contributed by atoms with Crippen molar-refractivity contribution < 1.29 is 19.7 Å². The fourth-order valence-corrected chi connectivity index (χ4v) is 5.24. The molecule has 2 aliphatic rings. The molecular formula is C28H25N3O5. The number of fused-ring (bicyclic) bond motifs is 5. The number of aromatic nitrogens is 2. The van der Waals surface area contributed by atoms with E-state index in [4.69, 9.17) is 9.72 Å². The van der Waals surface area contributed by atoms with Gasteiger partial charge in [0.05, 0.1) is 29.0 Å². The predicted molar refractivity (Wildman–Crippen MR) is 135 cm³/mol. The van der Waals surface area contributed by atoms with Crippen LogP contribution >= 0.6 is 0 Å². The Bertz CT molecular complexity index is 1610. The lowest BCUT2D eigenvalue weighted by molar-refractivity contribution is -0.172. The molecule has 0 aliphatic carbocycles. The summed E-state index contributed by atoms with van der Waals surface area (Å²) in [5.74, 6) is -0.586. The summed E-state index contributed by atoms with van der Waals surface area (Å²) >= 11 is 0. The first-order chi connectivity index (χ1) is 17.3. The van der Waals surface area contributed by atoms with Crippen molar-refractivity contribution in [2.75, 3.05) is 11.9 Å². The highest BCUT2D eigenvalue weighted by Gasteiger charge is 2.45. The summed E-state index contributed by atoms with van der Waals surface area (Å²) in [5.41, 5.74) is 2.75. The van der Waals surface area contributed by atoms with Gasteiger partial charge >= 0.3 is 5.97 Å². The molecule has 2 aliphatic heterocycles. The zero-order valence-corrected chi connectivity index (χ0v) is 20.0. The molecule has 0 amide bonds. The van der Waals surface area contributed by atoms with Gasteiger partial charge in [0.25, 0.3) is 5.56 Å². The number of hydrogen-bond donors (Lipinski definition) is 2. The van der Waals surface area contributed by atoms with Gasteiger partial charge in [0.1, 0.15) is 12.4 Å². The SMILES string of the molecule is CC[C@@]1(O)C(=O)OCc2c1cc1n(c2=O)Cc2cc3c(O)c(CN(C)c4ccccc4)ccc3nc2-1. The van der Waals surface area contributed by atoms with Gasteiger partial charge in [-0.2, -0.15) is 0 Å². The summed E-state index contributed by atoms with van der Waals surface area (Å²) < 4.78 is 6.72. The topological polar surface area (TPSA) is 105 Å². The highest BCUT2D eigenvalue weighted by atomic mass is 16.6. The Morgan fingerprint density at radius 3 is 2.67 bits per heavy atom. The Labute approximate surface area is 207 Å². The number of rotatable bonds is 4. The number of para-hydroxylation sites is 1. The number of benzene rings is 2. The molecule has 0 spiro atoms. The Hall–Kier alpha value is -4.17. The molecule has 2 aromatic carbocycles. The second kappa shape index (κ2) is 7.93. The van der Waals surface area contributed by atoms with Crippen LogP contribution in [0.15, 0.2) is 59.4 Å². The molecule has 36 heavy (non-hydrogen) atoms. The quantitative estimate of drug-likeness (QED) is 0.378. The number of cyclic esters (lactones) is 1. The predicted octanol–water partition coefficient (Wildman–Crippen LogP) is 3.42. The third-order valence-electron chi connectivity index (χ3n) is 7.35. The molecule has 2 aromatic heterocycles. The standard InChI is InChI=1S/C28H25N3O5/c1-3-28(35)21-12-23-24-17(14-31(23)26(33)20(21)15-36-27(28)34)11-19-22(29-24)10-9-16(25(19)32)13-30(2)18-7-5-4-6-8-18/h4-12,32,35H,3,13-15H2,1-2H3/t28-/m0/s1. The monoisotopic (exact) mass is 483 g/mol. The Morgan fingerprint density at radius 1 is 1.14 bits per heavy atom. The maximum atomic E-state index is 13.3. The Balaban J connectivity index is 1.44. The molecule has 182 valence electrons. The molecule has 0 radical (unpaired) electrons. The van der Waals surface area contributed by atoms with Crippen molar-refractivity contribution in [1.29, 1.82) is 0 Å². The van der Waals surface area contributed by atoms with Crippen LogP contribution < -0.4 is 10.5 Å². The second-order valence-electron chi connectivity index (χ2n) is 9.43. The van der Waals surface area contributed by atoms with E-state index >= 15 is 0 Å². The van der Waals surface area contributed by atoms with Crippen molar-refractivity contribution in [3.05, 3.63) is 87.2 Å². The number of anilines is 1. The van der Waals surface area contributed by atoms with Crippen molar-refractivity contribution >= 4 is 22.6 Å². The number of carbonyl (C=O) groups excluding carboxylic acids is 1. The van der Waals surface area contributed by atoms with Crippen LogP contribution in [-0.2, 0) is 34.8 Å². The molecular weight excluding hydrogens is 458 g/mol. The van der Waals surface area contributed by atoms with Gasteiger partial charge in [-0.25, -0.2) is 9.78 Å². The minimum absolute atomic E-state index is 0.0911. The number of hydrogen-bond acceptors (Lipinski definition) is 7. The van der Waals surface area contributed by atoms with E-state index in [-0.39, 0.29) is 42.0 Å². The van der Waals surface area contributed by atoms with Crippen LogP contribution in [0.25, 0.3) is 22.3 Å². The first-order valence-electron chi connectivity index (χ1n) is 11.9. The van der Waals surface area contributed by atoms with Crippen molar-refractivity contribution in [2.24, 2.45) is 0 Å². The van der Waals surface area contributed by atoms with Gasteiger partial charge in [-0.05, 0) is 36.8 Å². The number of ether oxygens (including phenoxy) is 1. The van der Waals surface area contributed by atoms with Crippen LogP contribution in [0, 0.1) is 0 Å². The minimum Gasteiger partial charge on any atom is -0.507 e. The Morgan fingerprint density at radius 2 is 1.92 bits per heavy atom. The van der Waals surface area contributed by atoms with E-state index in [1.54, 1.807) is 17.6 Å². The molecule has 0 saturated heterocycles. The highest BCUT2D eigenvalue weighted by Crippen LogP contribution is 2.40. The van der Waals surface area contributed by atoms with Gasteiger partial charge in [-0.3, -0.25) is 4.79 Å². The van der Waals surface area contributed by atoms with Crippen molar-refractivity contribution in [3.63, 3.8) is 0 Å². The first-order valence-corrected chi connectivity index (χ1v) is 11.9. The summed E-state index contributed by atoms with van der Waals surface area (Å²) in [6, 6.07) is 17.2. The third-order valence-corrected chi connectivity index (χ3v) is 7.35. The molecule has 8 heteroatoms. The van der Waals surface area contributed by atoms with E-state index in [0.29, 0.717) is 28.8 Å². The van der Waals surface area contributed by atoms with Gasteiger partial charge in [0.15, 0.2) is 5.60 Å². The van der Waals surface area contributed by atoms with Gasteiger partial charge < -0.3 is 24.4 Å². The molecule has 1 atom stereocenters. The molecule has 6 rings (SSSR count). The van der Waals surface area contributed by atoms with E-state index in [1.165, 1.54) is 0 Å². The number of carbonyl (C=O) groups is 1. The zero-order valence-electron chi connectivity index (χ0n) is 20.0. The summed E-state index contributed by atoms with van der Waals surface area (Å²) in [6.07, 6.45) is 0.0911. The molecule has 4 aromatic rings. The molecule has 0 fully saturated rings. The summed E-state index contributed by atoms with van der Waals surface area (Å²) in [6.45, 7) is 2.31. The molecule has 0 saturated carbocycles. The smallest absolute Gasteiger partial charge is 0.343 e. The van der Waals surface area contributed by atoms with Crippen LogP contribution in [-0.4, -0.2) is 32.8 Å². The molecule has 8 nitrogen and oxygen atoms in total. The fourth-order valence-electron chi connectivity index (χ4n) is 5.24. The van der Waals surface area contributed by atoms with Crippen molar-refractivity contribution in [1.82, 2.24) is 9.55 Å². The number of phenolic OH excluding ortho intramolecular Hbond substituents is 1. The van der Waals surface area contributed by atoms with E-state index in [9.17, 15) is 19.8 Å². The average Bonchev–Trinajstić information content (AvgIpc) is 3.26. The zero-order chi connectivity index (χ0) is 25.2. The van der Waals surface area contributed by atoms with Crippen LogP contribution in [0.3, 0.4) is 0 Å². The maximum absolute atomic E-state index is 13.3. The van der Waals surface area contributed by atoms with Crippen molar-refractivity contribution in [3.8, 4) is 17.1 Å². The van der Waals surface area contributed by atoms with Crippen molar-refractivity contribution in [2.45, 2.75) is 38.6 Å². The number of aromatic hydroxyl groups is 1. The lowest BCUT2D eigenvalue weighted by Crippen LogP contribution is -2.44. The summed E-state index contributed by atoms with van der Waals surface area (Å²) in [5, 5.41) is 22.8. The van der Waals surface area contributed by atoms with E-state index < -0.39 is 11.6 Å². The van der Waals surface area contributed by atoms with Gasteiger partial charge in [0, 0.05) is 41.4 Å². The average molecular weight is 484 g/mol. The van der Waals surface area contributed by atoms with Crippen LogP contribution in [0.4, 0.5) is 5.69 Å². The maximum Gasteiger partial charge on any atom is 0.343 e. The normalized spacial score (nSPS) is 17.9. The minimum atomic E-state index is -1.86. The first kappa shape index (κ1) is 22.3. The van der Waals surface area contributed by atoms with E-state index in [1.807, 2.05) is 55.6 Å². The molecule has 0 bridgehead atoms. The van der Waals surface area contributed by atoms with Gasteiger partial charge in [0.2, 0.25) is 0 Å². The number of aliphatic hydroxyl groups is 1. The van der Waals surface area contributed by atoms with Crippen LogP contribution in [0.5, 0.6) is 5.75 Å². The lowest BCUT2D eigenvalue weighted by Gasteiger charge is -2.31. The second-order valence-corrected chi connectivity index (χ2v) is 9.43. The van der Waals surface area contributed by atoms with Crippen LogP contribution in [0.1, 0.15) is 35.6 Å². The summed E-state index contributed by atoms with van der Waals surface area (Å²) in [4.78, 5) is 32.5. The number of phenols is 1. The highest BCUT2D eigenvalue weighted by molar-refractivity contribution is 5.90. The number of esters is 1. The lowest BCUT2D eigenvalue weighted by atomic mass is 9.86. The van der Waals surface area contributed by atoms with Crippen LogP contribution in [0.2, 0.25) is 0 Å². The van der Waals surface area contributed by atoms with E-state index in [2.05, 4.69) is 4.90 Å². The largest absolute Gasteiger partial charge is 0.507 e. The Kier molecular flexibility index (Phi) is 4.91. The number of nitrogens with zero attached hydrogens (tertiary/aromatic N) is 3. The molecule has 2 N–H and O–H groups in total.